The molecule has 104 valence electrons. The molecular weight excluding hydrogens is 267 g/mol. The third-order valence-electron chi connectivity index (χ3n) is 3.01. The molecule has 0 aliphatic rings. The van der Waals surface area contributed by atoms with Crippen LogP contribution in [0.25, 0.3) is 0 Å². The molecule has 0 N–H and O–H groups in total. The van der Waals surface area contributed by atoms with Crippen LogP contribution in [0.3, 0.4) is 0 Å². The average Bonchev–Trinajstić information content (AvgIpc) is 2.45. The molecular formula is C15H12F3NO. The van der Waals surface area contributed by atoms with E-state index in [4.69, 9.17) is 0 Å². The number of carbonyl (C=O) groups is 1. The van der Waals surface area contributed by atoms with Crippen LogP contribution in [0.2, 0.25) is 0 Å². The standard InChI is InChI=1S/C15H12F3NO/c1-2-10-9-19-8-7-11(10)14(20)12-5-3-4-6-13(12)15(16,17)18/h3-9H,2H2,1H3. The van der Waals surface area contributed by atoms with Gasteiger partial charge < -0.3 is 0 Å². The lowest BCUT2D eigenvalue weighted by atomic mass is 9.95. The number of ketones is 1. The highest BCUT2D eigenvalue weighted by atomic mass is 19.4. The van der Waals surface area contributed by atoms with E-state index in [0.717, 1.165) is 6.07 Å². The van der Waals surface area contributed by atoms with Crippen molar-refractivity contribution in [2.24, 2.45) is 0 Å². The third kappa shape index (κ3) is 2.71. The summed E-state index contributed by atoms with van der Waals surface area (Å²) in [5.74, 6) is -0.628. The molecule has 2 aromatic rings. The highest BCUT2D eigenvalue weighted by Gasteiger charge is 2.35. The van der Waals surface area contributed by atoms with E-state index in [0.29, 0.717) is 12.0 Å². The first-order chi connectivity index (χ1) is 9.45. The lowest BCUT2D eigenvalue weighted by Crippen LogP contribution is -2.14. The first-order valence-electron chi connectivity index (χ1n) is 6.09. The summed E-state index contributed by atoms with van der Waals surface area (Å²) in [7, 11) is 0. The van der Waals surface area contributed by atoms with Crippen LogP contribution >= 0.6 is 0 Å². The molecule has 0 aliphatic carbocycles. The molecule has 0 atom stereocenters. The van der Waals surface area contributed by atoms with E-state index in [9.17, 15) is 18.0 Å². The Balaban J connectivity index is 2.55. The van der Waals surface area contributed by atoms with Gasteiger partial charge in [-0.3, -0.25) is 9.78 Å². The van der Waals surface area contributed by atoms with Gasteiger partial charge in [-0.15, -0.1) is 0 Å². The first kappa shape index (κ1) is 14.2. The van der Waals surface area contributed by atoms with Gasteiger partial charge >= 0.3 is 6.18 Å². The zero-order valence-electron chi connectivity index (χ0n) is 10.7. The quantitative estimate of drug-likeness (QED) is 0.798. The van der Waals surface area contributed by atoms with Crippen LogP contribution in [0.1, 0.15) is 34.0 Å². The van der Waals surface area contributed by atoms with Crippen molar-refractivity contribution in [3.63, 3.8) is 0 Å². The van der Waals surface area contributed by atoms with Crippen molar-refractivity contribution < 1.29 is 18.0 Å². The Kier molecular flexibility index (Phi) is 3.88. The molecule has 0 amide bonds. The summed E-state index contributed by atoms with van der Waals surface area (Å²) in [5, 5.41) is 0. The van der Waals surface area contributed by atoms with Crippen LogP contribution in [-0.2, 0) is 12.6 Å². The number of pyridine rings is 1. The zero-order valence-corrected chi connectivity index (χ0v) is 10.7. The number of alkyl halides is 3. The van der Waals surface area contributed by atoms with Crippen LogP contribution in [0.4, 0.5) is 13.2 Å². The van der Waals surface area contributed by atoms with Gasteiger partial charge in [-0.05, 0) is 24.1 Å². The molecule has 20 heavy (non-hydrogen) atoms. The number of rotatable bonds is 3. The highest BCUT2D eigenvalue weighted by molar-refractivity contribution is 6.10. The predicted octanol–water partition coefficient (Wildman–Crippen LogP) is 3.89. The maximum absolute atomic E-state index is 12.9. The first-order valence-corrected chi connectivity index (χ1v) is 6.09. The van der Waals surface area contributed by atoms with Gasteiger partial charge in [0.15, 0.2) is 5.78 Å². The minimum absolute atomic E-state index is 0.263. The summed E-state index contributed by atoms with van der Waals surface area (Å²) in [6.07, 6.45) is -1.11. The number of aryl methyl sites for hydroxylation is 1. The number of hydrogen-bond donors (Lipinski definition) is 0. The molecule has 0 saturated carbocycles. The second-order valence-electron chi connectivity index (χ2n) is 4.26. The van der Waals surface area contributed by atoms with Crippen molar-refractivity contribution in [1.29, 1.82) is 0 Å². The van der Waals surface area contributed by atoms with Gasteiger partial charge in [0.25, 0.3) is 0 Å². The Morgan fingerprint density at radius 3 is 2.50 bits per heavy atom. The van der Waals surface area contributed by atoms with Crippen LogP contribution in [0.15, 0.2) is 42.7 Å². The summed E-state index contributed by atoms with van der Waals surface area (Å²) in [4.78, 5) is 16.3. The van der Waals surface area contributed by atoms with Crippen molar-refractivity contribution in [2.75, 3.05) is 0 Å². The Morgan fingerprint density at radius 2 is 1.85 bits per heavy atom. The normalized spacial score (nSPS) is 11.4. The minimum atomic E-state index is -4.55. The number of hydrogen-bond acceptors (Lipinski definition) is 2. The lowest BCUT2D eigenvalue weighted by Gasteiger charge is -2.13. The highest BCUT2D eigenvalue weighted by Crippen LogP contribution is 2.33. The fraction of sp³-hybridized carbons (Fsp3) is 0.200. The molecule has 0 spiro atoms. The Bertz CT molecular complexity index is 635. The average molecular weight is 279 g/mol. The molecule has 0 radical (unpaired) electrons. The van der Waals surface area contributed by atoms with Gasteiger partial charge in [0, 0.05) is 23.5 Å². The molecule has 0 fully saturated rings. The Labute approximate surface area is 114 Å². The molecule has 1 aromatic heterocycles. The second kappa shape index (κ2) is 5.45. The fourth-order valence-electron chi connectivity index (χ4n) is 2.00. The number of halogens is 3. The maximum atomic E-state index is 12.9. The van der Waals surface area contributed by atoms with Gasteiger partial charge in [-0.1, -0.05) is 25.1 Å². The zero-order chi connectivity index (χ0) is 14.8. The number of benzene rings is 1. The largest absolute Gasteiger partial charge is 0.417 e. The minimum Gasteiger partial charge on any atom is -0.289 e. The smallest absolute Gasteiger partial charge is 0.289 e. The molecule has 2 nitrogen and oxygen atoms in total. The molecule has 2 rings (SSSR count). The molecule has 0 bridgehead atoms. The molecule has 1 heterocycles. The van der Waals surface area contributed by atoms with E-state index in [2.05, 4.69) is 4.98 Å². The molecule has 0 saturated heterocycles. The van der Waals surface area contributed by atoms with Crippen LogP contribution in [0, 0.1) is 0 Å². The number of aromatic nitrogens is 1. The van der Waals surface area contributed by atoms with E-state index in [1.807, 2.05) is 6.92 Å². The number of nitrogens with zero attached hydrogens (tertiary/aromatic N) is 1. The predicted molar refractivity (Wildman–Crippen MR) is 68.5 cm³/mol. The van der Waals surface area contributed by atoms with Crippen molar-refractivity contribution in [3.05, 3.63) is 65.0 Å². The SMILES string of the molecule is CCc1cnccc1C(=O)c1ccccc1C(F)(F)F. The second-order valence-corrected chi connectivity index (χ2v) is 4.26. The van der Waals surface area contributed by atoms with Crippen molar-refractivity contribution in [1.82, 2.24) is 4.98 Å². The summed E-state index contributed by atoms with van der Waals surface area (Å²) < 4.78 is 38.8. The summed E-state index contributed by atoms with van der Waals surface area (Å²) in [6, 6.07) is 6.27. The molecule has 0 unspecified atom stereocenters. The third-order valence-corrected chi connectivity index (χ3v) is 3.01. The Hall–Kier alpha value is -2.17. The summed E-state index contributed by atoms with van der Waals surface area (Å²) >= 11 is 0. The van der Waals surface area contributed by atoms with Crippen molar-refractivity contribution in [2.45, 2.75) is 19.5 Å². The van der Waals surface area contributed by atoms with Gasteiger partial charge in [0.05, 0.1) is 5.56 Å². The van der Waals surface area contributed by atoms with E-state index in [-0.39, 0.29) is 11.1 Å². The van der Waals surface area contributed by atoms with Crippen LogP contribution in [0.5, 0.6) is 0 Å². The van der Waals surface area contributed by atoms with E-state index in [1.54, 1.807) is 0 Å². The summed E-state index contributed by atoms with van der Waals surface area (Å²) in [6.45, 7) is 1.82. The monoisotopic (exact) mass is 279 g/mol. The van der Waals surface area contributed by atoms with Crippen LogP contribution < -0.4 is 0 Å². The molecule has 0 aliphatic heterocycles. The Morgan fingerprint density at radius 1 is 1.15 bits per heavy atom. The van der Waals surface area contributed by atoms with Gasteiger partial charge in [-0.2, -0.15) is 13.2 Å². The number of carbonyl (C=O) groups excluding carboxylic acids is 1. The van der Waals surface area contributed by atoms with Crippen molar-refractivity contribution >= 4 is 5.78 Å². The fourth-order valence-corrected chi connectivity index (χ4v) is 2.00. The maximum Gasteiger partial charge on any atom is 0.417 e. The van der Waals surface area contributed by atoms with E-state index in [1.165, 1.54) is 36.7 Å². The topological polar surface area (TPSA) is 30.0 Å². The molecule has 5 heteroatoms. The van der Waals surface area contributed by atoms with Gasteiger partial charge in [0.2, 0.25) is 0 Å². The lowest BCUT2D eigenvalue weighted by molar-refractivity contribution is -0.137. The van der Waals surface area contributed by atoms with Crippen molar-refractivity contribution in [3.8, 4) is 0 Å². The van der Waals surface area contributed by atoms with E-state index >= 15 is 0 Å². The van der Waals surface area contributed by atoms with Gasteiger partial charge in [-0.25, -0.2) is 0 Å². The molecule has 1 aromatic carbocycles. The summed E-state index contributed by atoms with van der Waals surface area (Å²) in [5.41, 5.74) is -0.349. The van der Waals surface area contributed by atoms with E-state index < -0.39 is 17.5 Å². The van der Waals surface area contributed by atoms with Crippen LogP contribution in [-0.4, -0.2) is 10.8 Å². The van der Waals surface area contributed by atoms with Gasteiger partial charge in [0.1, 0.15) is 0 Å².